The number of carbonyl (C=O) groups excluding carboxylic acids is 1. The van der Waals surface area contributed by atoms with Crippen molar-refractivity contribution in [3.8, 4) is 0 Å². The summed E-state index contributed by atoms with van der Waals surface area (Å²) in [4.78, 5) is 23.0. The number of nitro benzene ring substituents is 1. The van der Waals surface area contributed by atoms with Crippen LogP contribution < -0.4 is 5.32 Å². The molecule has 0 aliphatic carbocycles. The molecule has 1 unspecified atom stereocenters. The number of nitro groups is 1. The van der Waals surface area contributed by atoms with E-state index in [2.05, 4.69) is 5.32 Å². The zero-order chi connectivity index (χ0) is 14.4. The number of carbonyl (C=O) groups is 1. The highest BCUT2D eigenvalue weighted by molar-refractivity contribution is 5.73. The quantitative estimate of drug-likeness (QED) is 0.617. The number of benzene rings is 1. The maximum absolute atomic E-state index is 11.6. The fourth-order valence-electron chi connectivity index (χ4n) is 1.53. The molecule has 2 N–H and O–H groups in total. The van der Waals surface area contributed by atoms with Gasteiger partial charge in [0, 0.05) is 32.3 Å². The standard InChI is InChI=1S/C12H17N3O4/c1-9(16)8-14(2)12(17)13-7-10-3-5-11(6-4-10)15(18)19/h3-6,9,16H,7-8H2,1-2H3,(H,13,17). The monoisotopic (exact) mass is 267 g/mol. The second-order valence-corrected chi connectivity index (χ2v) is 4.31. The van der Waals surface area contributed by atoms with Gasteiger partial charge in [-0.1, -0.05) is 12.1 Å². The molecule has 0 aliphatic rings. The lowest BCUT2D eigenvalue weighted by molar-refractivity contribution is -0.384. The van der Waals surface area contributed by atoms with Crippen LogP contribution in [0, 0.1) is 10.1 Å². The first-order valence-corrected chi connectivity index (χ1v) is 5.80. The van der Waals surface area contributed by atoms with Gasteiger partial charge in [0.1, 0.15) is 0 Å². The van der Waals surface area contributed by atoms with Crippen molar-refractivity contribution in [3.05, 3.63) is 39.9 Å². The molecule has 0 aliphatic heterocycles. The van der Waals surface area contributed by atoms with E-state index in [9.17, 15) is 14.9 Å². The molecular formula is C12H17N3O4. The number of nitrogens with one attached hydrogen (secondary N) is 1. The highest BCUT2D eigenvalue weighted by Gasteiger charge is 2.10. The van der Waals surface area contributed by atoms with Crippen LogP contribution in [0.4, 0.5) is 10.5 Å². The minimum Gasteiger partial charge on any atom is -0.392 e. The average molecular weight is 267 g/mol. The Morgan fingerprint density at radius 3 is 2.53 bits per heavy atom. The predicted octanol–water partition coefficient (Wildman–Crippen LogP) is 1.12. The van der Waals surface area contributed by atoms with E-state index in [4.69, 9.17) is 5.11 Å². The van der Waals surface area contributed by atoms with Gasteiger partial charge in [-0.3, -0.25) is 10.1 Å². The maximum atomic E-state index is 11.6. The van der Waals surface area contributed by atoms with Crippen molar-refractivity contribution in [1.29, 1.82) is 0 Å². The van der Waals surface area contributed by atoms with Crippen LogP contribution in [0.2, 0.25) is 0 Å². The molecule has 7 nitrogen and oxygen atoms in total. The van der Waals surface area contributed by atoms with Crippen LogP contribution in [-0.2, 0) is 6.54 Å². The van der Waals surface area contributed by atoms with Gasteiger partial charge in [0.25, 0.3) is 5.69 Å². The Bertz CT molecular complexity index is 445. The van der Waals surface area contributed by atoms with Gasteiger partial charge in [0.2, 0.25) is 0 Å². The maximum Gasteiger partial charge on any atom is 0.317 e. The summed E-state index contributed by atoms with van der Waals surface area (Å²) in [7, 11) is 1.58. The molecule has 0 saturated carbocycles. The van der Waals surface area contributed by atoms with E-state index in [1.54, 1.807) is 26.1 Å². The number of non-ortho nitro benzene ring substituents is 1. The molecule has 2 amide bonds. The fourth-order valence-corrected chi connectivity index (χ4v) is 1.53. The van der Waals surface area contributed by atoms with Crippen molar-refractivity contribution in [2.45, 2.75) is 19.6 Å². The first-order valence-electron chi connectivity index (χ1n) is 5.80. The van der Waals surface area contributed by atoms with Crippen LogP contribution in [0.5, 0.6) is 0 Å². The van der Waals surface area contributed by atoms with E-state index in [1.165, 1.54) is 17.0 Å². The number of hydrogen-bond acceptors (Lipinski definition) is 4. The molecule has 0 bridgehead atoms. The second-order valence-electron chi connectivity index (χ2n) is 4.31. The van der Waals surface area contributed by atoms with Crippen LogP contribution in [0.1, 0.15) is 12.5 Å². The van der Waals surface area contributed by atoms with Gasteiger partial charge >= 0.3 is 6.03 Å². The molecule has 19 heavy (non-hydrogen) atoms. The van der Waals surface area contributed by atoms with Crippen molar-refractivity contribution < 1.29 is 14.8 Å². The lowest BCUT2D eigenvalue weighted by Gasteiger charge is -2.19. The summed E-state index contributed by atoms with van der Waals surface area (Å²) in [6.07, 6.45) is -0.588. The summed E-state index contributed by atoms with van der Waals surface area (Å²) in [5.74, 6) is 0. The van der Waals surface area contributed by atoms with Crippen LogP contribution in [0.25, 0.3) is 0 Å². The summed E-state index contributed by atoms with van der Waals surface area (Å²) in [6, 6.07) is 5.65. The van der Waals surface area contributed by atoms with E-state index >= 15 is 0 Å². The molecule has 0 fully saturated rings. The zero-order valence-corrected chi connectivity index (χ0v) is 10.9. The van der Waals surface area contributed by atoms with Gasteiger partial charge in [-0.05, 0) is 12.5 Å². The van der Waals surface area contributed by atoms with Gasteiger partial charge in [0.15, 0.2) is 0 Å². The van der Waals surface area contributed by atoms with Gasteiger partial charge < -0.3 is 15.3 Å². The third kappa shape index (κ3) is 4.92. The molecular weight excluding hydrogens is 250 g/mol. The second kappa shape index (κ2) is 6.69. The zero-order valence-electron chi connectivity index (χ0n) is 10.9. The van der Waals surface area contributed by atoms with Crippen LogP contribution in [0.3, 0.4) is 0 Å². The Labute approximate surface area is 111 Å². The lowest BCUT2D eigenvalue weighted by Crippen LogP contribution is -2.40. The number of aliphatic hydroxyl groups is 1. The highest BCUT2D eigenvalue weighted by Crippen LogP contribution is 2.11. The number of nitrogens with zero attached hydrogens (tertiary/aromatic N) is 2. The number of hydrogen-bond donors (Lipinski definition) is 2. The fraction of sp³-hybridized carbons (Fsp3) is 0.417. The van der Waals surface area contributed by atoms with E-state index in [1.807, 2.05) is 0 Å². The van der Waals surface area contributed by atoms with Crippen LogP contribution in [-0.4, -0.2) is 40.7 Å². The SMILES string of the molecule is CC(O)CN(C)C(=O)NCc1ccc([N+](=O)[O-])cc1. The Morgan fingerprint density at radius 2 is 2.05 bits per heavy atom. The molecule has 1 rings (SSSR count). The van der Waals surface area contributed by atoms with Crippen LogP contribution in [0.15, 0.2) is 24.3 Å². The van der Waals surface area contributed by atoms with Gasteiger partial charge in [-0.15, -0.1) is 0 Å². The summed E-state index contributed by atoms with van der Waals surface area (Å²) in [6.45, 7) is 2.12. The van der Waals surface area contributed by atoms with Gasteiger partial charge in [0.05, 0.1) is 11.0 Å². The molecule has 7 heteroatoms. The first-order chi connectivity index (χ1) is 8.90. The van der Waals surface area contributed by atoms with Crippen molar-refractivity contribution in [1.82, 2.24) is 10.2 Å². The molecule has 1 atom stereocenters. The molecule has 0 saturated heterocycles. The number of likely N-dealkylation sites (N-methyl/N-ethyl adjacent to an activating group) is 1. The van der Waals surface area contributed by atoms with E-state index in [0.717, 1.165) is 5.56 Å². The molecule has 0 radical (unpaired) electrons. The minimum absolute atomic E-state index is 0.0151. The Balaban J connectivity index is 2.48. The minimum atomic E-state index is -0.588. The summed E-state index contributed by atoms with van der Waals surface area (Å²) in [5, 5.41) is 22.3. The topological polar surface area (TPSA) is 95.7 Å². The number of urea groups is 1. The summed E-state index contributed by atoms with van der Waals surface area (Å²) >= 11 is 0. The smallest absolute Gasteiger partial charge is 0.317 e. The van der Waals surface area contributed by atoms with Crippen molar-refractivity contribution in [3.63, 3.8) is 0 Å². The molecule has 1 aromatic rings. The lowest BCUT2D eigenvalue weighted by atomic mass is 10.2. The highest BCUT2D eigenvalue weighted by atomic mass is 16.6. The molecule has 0 spiro atoms. The number of aliphatic hydroxyl groups excluding tert-OH is 1. The van der Waals surface area contributed by atoms with E-state index in [0.29, 0.717) is 0 Å². The van der Waals surface area contributed by atoms with Gasteiger partial charge in [-0.2, -0.15) is 0 Å². The molecule has 0 aromatic heterocycles. The Morgan fingerprint density at radius 1 is 1.47 bits per heavy atom. The van der Waals surface area contributed by atoms with Crippen molar-refractivity contribution in [2.24, 2.45) is 0 Å². The van der Waals surface area contributed by atoms with Gasteiger partial charge in [-0.25, -0.2) is 4.79 Å². The van der Waals surface area contributed by atoms with E-state index < -0.39 is 11.0 Å². The van der Waals surface area contributed by atoms with Crippen LogP contribution >= 0.6 is 0 Å². The average Bonchev–Trinajstić information content (AvgIpc) is 2.35. The molecule has 1 aromatic carbocycles. The third-order valence-corrected chi connectivity index (χ3v) is 2.48. The largest absolute Gasteiger partial charge is 0.392 e. The Kier molecular flexibility index (Phi) is 5.25. The van der Waals surface area contributed by atoms with Crippen molar-refractivity contribution in [2.75, 3.05) is 13.6 Å². The third-order valence-electron chi connectivity index (χ3n) is 2.48. The Hall–Kier alpha value is -2.15. The molecule has 0 heterocycles. The number of rotatable bonds is 5. The predicted molar refractivity (Wildman–Crippen MR) is 69.6 cm³/mol. The van der Waals surface area contributed by atoms with Crippen molar-refractivity contribution >= 4 is 11.7 Å². The van der Waals surface area contributed by atoms with E-state index in [-0.39, 0.29) is 24.8 Å². The molecule has 104 valence electrons. The number of amides is 2. The first kappa shape index (κ1) is 14.9. The summed E-state index contributed by atoms with van der Waals surface area (Å²) in [5.41, 5.74) is 0.783. The summed E-state index contributed by atoms with van der Waals surface area (Å²) < 4.78 is 0. The normalized spacial score (nSPS) is 11.7.